The smallest absolute Gasteiger partial charge is 0.234 e. The van der Waals surface area contributed by atoms with Gasteiger partial charge in [0.25, 0.3) is 0 Å². The number of benzene rings is 1. The molecule has 2 rings (SSSR count). The van der Waals surface area contributed by atoms with Gasteiger partial charge in [-0.15, -0.1) is 0 Å². The van der Waals surface area contributed by atoms with E-state index in [2.05, 4.69) is 15.3 Å². The van der Waals surface area contributed by atoms with Crippen LogP contribution in [0.1, 0.15) is 0 Å². The van der Waals surface area contributed by atoms with Crippen molar-refractivity contribution in [2.75, 3.05) is 16.8 Å². The fourth-order valence-corrected chi connectivity index (χ4v) is 2.08. The molecular weight excluding hydrogens is 286 g/mol. The lowest BCUT2D eigenvalue weighted by Gasteiger charge is -2.06. The van der Waals surface area contributed by atoms with E-state index in [1.54, 1.807) is 0 Å². The van der Waals surface area contributed by atoms with Gasteiger partial charge in [0, 0.05) is 24.1 Å². The number of anilines is 2. The molecule has 1 aromatic heterocycles. The van der Waals surface area contributed by atoms with Crippen molar-refractivity contribution in [1.82, 2.24) is 9.97 Å². The van der Waals surface area contributed by atoms with Crippen molar-refractivity contribution in [3.8, 4) is 0 Å². The molecule has 8 heteroatoms. The second kappa shape index (κ2) is 6.29. The molecule has 0 fully saturated rings. The number of nitrogen functional groups attached to an aromatic ring is 1. The fraction of sp³-hybridized carbons (Fsp3) is 0.0833. The van der Waals surface area contributed by atoms with Crippen LogP contribution in [0.2, 0.25) is 0 Å². The standard InChI is InChI=1S/C12H10F2N4OS/c13-7-3-8(14)5-9(4-7)18-10(19)6-20-12-11(15)16-1-2-17-12/h1-5H,6H2,(H2,15,16)(H,18,19). The van der Waals surface area contributed by atoms with Crippen LogP contribution in [0.25, 0.3) is 0 Å². The summed E-state index contributed by atoms with van der Waals surface area (Å²) in [5.74, 6) is -1.72. The fourth-order valence-electron chi connectivity index (χ4n) is 1.40. The quantitative estimate of drug-likeness (QED) is 0.844. The first-order valence-electron chi connectivity index (χ1n) is 5.50. The lowest BCUT2D eigenvalue weighted by Crippen LogP contribution is -2.14. The van der Waals surface area contributed by atoms with E-state index in [0.29, 0.717) is 5.03 Å². The zero-order chi connectivity index (χ0) is 14.5. The van der Waals surface area contributed by atoms with Crippen LogP contribution in [0.5, 0.6) is 0 Å². The van der Waals surface area contributed by atoms with E-state index in [-0.39, 0.29) is 17.3 Å². The average Bonchev–Trinajstić information content (AvgIpc) is 2.36. The number of nitrogens with one attached hydrogen (secondary N) is 1. The van der Waals surface area contributed by atoms with Crippen molar-refractivity contribution in [2.45, 2.75) is 5.03 Å². The largest absolute Gasteiger partial charge is 0.381 e. The minimum Gasteiger partial charge on any atom is -0.381 e. The van der Waals surface area contributed by atoms with Gasteiger partial charge in [0.15, 0.2) is 5.82 Å². The Balaban J connectivity index is 1.94. The second-order valence-electron chi connectivity index (χ2n) is 3.74. The number of nitrogens with two attached hydrogens (primary N) is 1. The number of rotatable bonds is 4. The third-order valence-electron chi connectivity index (χ3n) is 2.18. The monoisotopic (exact) mass is 296 g/mol. The van der Waals surface area contributed by atoms with Crippen LogP contribution in [0.4, 0.5) is 20.3 Å². The summed E-state index contributed by atoms with van der Waals surface area (Å²) in [4.78, 5) is 19.4. The van der Waals surface area contributed by atoms with E-state index in [1.807, 2.05) is 0 Å². The van der Waals surface area contributed by atoms with E-state index < -0.39 is 17.5 Å². The number of amides is 1. The Bertz CT molecular complexity index is 618. The molecule has 0 aliphatic heterocycles. The van der Waals surface area contributed by atoms with Crippen LogP contribution in [-0.4, -0.2) is 21.6 Å². The van der Waals surface area contributed by atoms with Gasteiger partial charge < -0.3 is 11.1 Å². The highest BCUT2D eigenvalue weighted by Gasteiger charge is 2.08. The van der Waals surface area contributed by atoms with Crippen molar-refractivity contribution in [2.24, 2.45) is 0 Å². The molecule has 1 amide bonds. The Kier molecular flexibility index (Phi) is 4.46. The highest BCUT2D eigenvalue weighted by atomic mass is 32.2. The first-order valence-corrected chi connectivity index (χ1v) is 6.48. The zero-order valence-corrected chi connectivity index (χ0v) is 11.0. The predicted octanol–water partition coefficient (Wildman–Crippen LogP) is 2.07. The van der Waals surface area contributed by atoms with Gasteiger partial charge in [0.05, 0.1) is 5.75 Å². The molecule has 104 valence electrons. The number of aromatic nitrogens is 2. The third-order valence-corrected chi connectivity index (χ3v) is 3.17. The van der Waals surface area contributed by atoms with Gasteiger partial charge in [-0.25, -0.2) is 18.7 Å². The number of carbonyl (C=O) groups excluding carboxylic acids is 1. The maximum atomic E-state index is 13.0. The summed E-state index contributed by atoms with van der Waals surface area (Å²) in [6, 6.07) is 2.79. The van der Waals surface area contributed by atoms with Crippen molar-refractivity contribution in [1.29, 1.82) is 0 Å². The highest BCUT2D eigenvalue weighted by Crippen LogP contribution is 2.20. The Hall–Kier alpha value is -2.22. The molecule has 0 spiro atoms. The van der Waals surface area contributed by atoms with E-state index >= 15 is 0 Å². The van der Waals surface area contributed by atoms with Gasteiger partial charge in [0.1, 0.15) is 16.7 Å². The number of halogens is 2. The molecule has 0 saturated heterocycles. The molecular formula is C12H10F2N4OS. The maximum Gasteiger partial charge on any atom is 0.234 e. The van der Waals surface area contributed by atoms with E-state index in [0.717, 1.165) is 30.0 Å². The normalized spacial score (nSPS) is 10.3. The average molecular weight is 296 g/mol. The second-order valence-corrected chi connectivity index (χ2v) is 4.71. The molecule has 0 radical (unpaired) electrons. The lowest BCUT2D eigenvalue weighted by atomic mass is 10.3. The van der Waals surface area contributed by atoms with Crippen LogP contribution in [0, 0.1) is 11.6 Å². The Morgan fingerprint density at radius 3 is 2.50 bits per heavy atom. The highest BCUT2D eigenvalue weighted by molar-refractivity contribution is 8.00. The van der Waals surface area contributed by atoms with Crippen molar-refractivity contribution >= 4 is 29.2 Å². The van der Waals surface area contributed by atoms with E-state index in [4.69, 9.17) is 5.73 Å². The Morgan fingerprint density at radius 1 is 1.20 bits per heavy atom. The molecule has 1 aromatic carbocycles. The summed E-state index contributed by atoms with van der Waals surface area (Å²) < 4.78 is 25.9. The van der Waals surface area contributed by atoms with Crippen LogP contribution in [0.15, 0.2) is 35.6 Å². The van der Waals surface area contributed by atoms with Gasteiger partial charge in [-0.05, 0) is 12.1 Å². The molecule has 0 bridgehead atoms. The summed E-state index contributed by atoms with van der Waals surface area (Å²) in [7, 11) is 0. The van der Waals surface area contributed by atoms with Crippen molar-refractivity contribution in [3.05, 3.63) is 42.2 Å². The number of nitrogens with zero attached hydrogens (tertiary/aromatic N) is 2. The summed E-state index contributed by atoms with van der Waals surface area (Å²) in [6.07, 6.45) is 2.90. The Labute approximate surface area is 117 Å². The summed E-state index contributed by atoms with van der Waals surface area (Å²) in [5, 5.41) is 2.81. The SMILES string of the molecule is Nc1nccnc1SCC(=O)Nc1cc(F)cc(F)c1. The molecule has 0 aliphatic carbocycles. The number of carbonyl (C=O) groups is 1. The summed E-state index contributed by atoms with van der Waals surface area (Å²) >= 11 is 1.08. The first kappa shape index (κ1) is 14.2. The summed E-state index contributed by atoms with van der Waals surface area (Å²) in [6.45, 7) is 0. The van der Waals surface area contributed by atoms with Gasteiger partial charge in [0.2, 0.25) is 5.91 Å². The molecule has 0 saturated carbocycles. The minimum atomic E-state index is -0.758. The van der Waals surface area contributed by atoms with E-state index in [1.165, 1.54) is 12.4 Å². The van der Waals surface area contributed by atoms with Gasteiger partial charge in [-0.1, -0.05) is 11.8 Å². The van der Waals surface area contributed by atoms with Gasteiger partial charge in [-0.3, -0.25) is 4.79 Å². The number of thioether (sulfide) groups is 1. The van der Waals surface area contributed by atoms with Crippen LogP contribution < -0.4 is 11.1 Å². The van der Waals surface area contributed by atoms with Gasteiger partial charge >= 0.3 is 0 Å². The minimum absolute atomic E-state index is 0.00102. The van der Waals surface area contributed by atoms with Crippen LogP contribution in [0.3, 0.4) is 0 Å². The van der Waals surface area contributed by atoms with Crippen molar-refractivity contribution < 1.29 is 13.6 Å². The molecule has 0 unspecified atom stereocenters. The zero-order valence-electron chi connectivity index (χ0n) is 10.1. The molecule has 20 heavy (non-hydrogen) atoms. The van der Waals surface area contributed by atoms with Crippen molar-refractivity contribution in [3.63, 3.8) is 0 Å². The first-order chi connectivity index (χ1) is 9.54. The molecule has 0 atom stereocenters. The number of hydrogen-bond donors (Lipinski definition) is 2. The Morgan fingerprint density at radius 2 is 1.85 bits per heavy atom. The predicted molar refractivity (Wildman–Crippen MR) is 72.2 cm³/mol. The molecule has 1 heterocycles. The number of hydrogen-bond acceptors (Lipinski definition) is 5. The summed E-state index contributed by atoms with van der Waals surface area (Å²) in [5.41, 5.74) is 5.63. The maximum absolute atomic E-state index is 13.0. The third kappa shape index (κ3) is 3.89. The van der Waals surface area contributed by atoms with Gasteiger partial charge in [-0.2, -0.15) is 0 Å². The molecule has 0 aliphatic rings. The molecule has 3 N–H and O–H groups in total. The van der Waals surface area contributed by atoms with Crippen LogP contribution in [-0.2, 0) is 4.79 Å². The van der Waals surface area contributed by atoms with E-state index in [9.17, 15) is 13.6 Å². The lowest BCUT2D eigenvalue weighted by molar-refractivity contribution is -0.113. The van der Waals surface area contributed by atoms with Crippen LogP contribution >= 0.6 is 11.8 Å². The molecule has 5 nitrogen and oxygen atoms in total. The molecule has 2 aromatic rings. The topological polar surface area (TPSA) is 80.9 Å².